The van der Waals surface area contributed by atoms with Gasteiger partial charge in [-0.2, -0.15) is 0 Å². The molecule has 0 amide bonds. The minimum Gasteiger partial charge on any atom is -0.303 e. The third-order valence-corrected chi connectivity index (χ3v) is 4.12. The van der Waals surface area contributed by atoms with Gasteiger partial charge in [-0.3, -0.25) is 5.32 Å². The lowest BCUT2D eigenvalue weighted by Gasteiger charge is -2.27. The number of hydrogen-bond donors (Lipinski definition) is 1. The lowest BCUT2D eigenvalue weighted by molar-refractivity contribution is -0.491. The standard InChI is InChI=1S/C16H20N2/c1-18(2)13-9-7-12(8-10-13)15-11-17-16-6-4-3-5-14(15)16/h3-7,9,11-13,17H,8,10H2,1-2H3/p+1/t12-,13?/m1/s1. The van der Waals surface area contributed by atoms with Crippen molar-refractivity contribution in [3.05, 3.63) is 48.2 Å². The highest BCUT2D eigenvalue weighted by atomic mass is 15.1. The van der Waals surface area contributed by atoms with Crippen molar-refractivity contribution >= 4 is 11.3 Å². The van der Waals surface area contributed by atoms with E-state index in [1.54, 1.807) is 0 Å². The van der Waals surface area contributed by atoms with Crippen LogP contribution in [0.2, 0.25) is 0 Å². The summed E-state index contributed by atoms with van der Waals surface area (Å²) in [5.41, 5.74) is 4.30. The molecule has 1 aliphatic heterocycles. The summed E-state index contributed by atoms with van der Waals surface area (Å²) in [5, 5.41) is 2.25. The van der Waals surface area contributed by atoms with E-state index in [1.165, 1.54) is 29.7 Å². The van der Waals surface area contributed by atoms with E-state index in [9.17, 15) is 0 Å². The first-order valence-electron chi connectivity index (χ1n) is 6.75. The highest BCUT2D eigenvalue weighted by molar-refractivity contribution is 5.77. The van der Waals surface area contributed by atoms with Crippen molar-refractivity contribution in [3.63, 3.8) is 0 Å². The number of quaternary nitrogens is 1. The van der Waals surface area contributed by atoms with Crippen LogP contribution in [0.1, 0.15) is 18.4 Å². The Kier molecular flexibility index (Phi) is 3.06. The van der Waals surface area contributed by atoms with Crippen LogP contribution in [0.3, 0.4) is 0 Å². The molecule has 2 heteroatoms. The van der Waals surface area contributed by atoms with Gasteiger partial charge in [0.2, 0.25) is 0 Å². The summed E-state index contributed by atoms with van der Waals surface area (Å²) in [5.74, 6) is 0.598. The molecule has 1 aromatic carbocycles. The largest absolute Gasteiger partial charge is 0.303 e. The van der Waals surface area contributed by atoms with Gasteiger partial charge in [-0.25, -0.2) is 0 Å². The predicted molar refractivity (Wildman–Crippen MR) is 75.3 cm³/mol. The lowest BCUT2D eigenvalue weighted by atomic mass is 9.84. The average molecular weight is 241 g/mol. The zero-order valence-corrected chi connectivity index (χ0v) is 11.1. The summed E-state index contributed by atoms with van der Waals surface area (Å²) in [7, 11) is 4.32. The maximum atomic E-state index is 2.40. The van der Waals surface area contributed by atoms with E-state index < -0.39 is 0 Å². The molecule has 3 rings (SSSR count). The molecule has 18 heavy (non-hydrogen) atoms. The third-order valence-electron chi connectivity index (χ3n) is 4.12. The molecule has 1 aliphatic carbocycles. The number of nitrogens with zero attached hydrogens (tertiary/aromatic N) is 1. The first-order valence-corrected chi connectivity index (χ1v) is 6.75. The van der Waals surface area contributed by atoms with E-state index in [-0.39, 0.29) is 0 Å². The molecule has 1 unspecified atom stereocenters. The molecule has 1 aromatic rings. The molecule has 2 nitrogen and oxygen atoms in total. The molecule has 0 saturated carbocycles. The second-order valence-electron chi connectivity index (χ2n) is 5.48. The summed E-state index contributed by atoms with van der Waals surface area (Å²) in [6.07, 6.45) is 9.59. The summed E-state index contributed by atoms with van der Waals surface area (Å²) in [4.78, 5) is 2.30. The number of fused-ring (bicyclic) bond motifs is 1. The number of rotatable bonds is 2. The Morgan fingerprint density at radius 1 is 1.11 bits per heavy atom. The van der Waals surface area contributed by atoms with Crippen molar-refractivity contribution in [1.29, 1.82) is 0 Å². The second-order valence-corrected chi connectivity index (χ2v) is 5.48. The highest BCUT2D eigenvalue weighted by Crippen LogP contribution is 2.35. The molecular formula is C16H21N2+. The van der Waals surface area contributed by atoms with Crippen LogP contribution in [0.25, 0.3) is 5.57 Å². The van der Waals surface area contributed by atoms with E-state index >= 15 is 0 Å². The lowest BCUT2D eigenvalue weighted by Crippen LogP contribution is -2.69. The molecule has 2 aliphatic rings. The van der Waals surface area contributed by atoms with E-state index in [1.807, 2.05) is 0 Å². The Hall–Kier alpha value is -1.38. The van der Waals surface area contributed by atoms with Crippen molar-refractivity contribution in [2.24, 2.45) is 5.92 Å². The summed E-state index contributed by atoms with van der Waals surface area (Å²) < 4.78 is 0. The Balaban J connectivity index is 1.81. The van der Waals surface area contributed by atoms with Gasteiger partial charge in [-0.15, -0.1) is 0 Å². The van der Waals surface area contributed by atoms with Crippen molar-refractivity contribution < 1.29 is 5.32 Å². The minimum absolute atomic E-state index is 0.598. The Morgan fingerprint density at radius 3 is 2.67 bits per heavy atom. The molecule has 0 saturated heterocycles. The van der Waals surface area contributed by atoms with E-state index in [4.69, 9.17) is 0 Å². The average Bonchev–Trinajstić information content (AvgIpc) is 2.82. The normalized spacial score (nSPS) is 26.3. The Bertz CT molecular complexity index is 500. The molecule has 0 fully saturated rings. The van der Waals surface area contributed by atoms with Crippen LogP contribution < -0.4 is 5.32 Å². The topological polar surface area (TPSA) is 19.9 Å². The van der Waals surface area contributed by atoms with Crippen molar-refractivity contribution in [2.45, 2.75) is 18.9 Å². The number of allylic oxidation sites excluding steroid dienone is 2. The van der Waals surface area contributed by atoms with E-state index in [0.717, 1.165) is 0 Å². The predicted octanol–water partition coefficient (Wildman–Crippen LogP) is 2.13. The first kappa shape index (κ1) is 11.7. The molecular weight excluding hydrogens is 220 g/mol. The summed E-state index contributed by atoms with van der Waals surface area (Å²) in [6, 6.07) is 9.32. The molecule has 1 heterocycles. The fourth-order valence-corrected chi connectivity index (χ4v) is 2.99. The van der Waals surface area contributed by atoms with Gasteiger partial charge in [0.15, 0.2) is 0 Å². The third kappa shape index (κ3) is 2.02. The number of likely N-dealkylation sites (N-methyl/N-ethyl adjacent to an activating group) is 1. The van der Waals surface area contributed by atoms with Crippen molar-refractivity contribution in [1.82, 2.24) is 4.90 Å². The van der Waals surface area contributed by atoms with Crippen molar-refractivity contribution in [2.75, 3.05) is 14.1 Å². The van der Waals surface area contributed by atoms with Crippen molar-refractivity contribution in [3.8, 4) is 0 Å². The van der Waals surface area contributed by atoms with Gasteiger partial charge in [0.05, 0.1) is 0 Å². The van der Waals surface area contributed by atoms with E-state index in [2.05, 4.69) is 66.9 Å². The van der Waals surface area contributed by atoms with Gasteiger partial charge in [0.25, 0.3) is 0 Å². The van der Waals surface area contributed by atoms with Crippen LogP contribution in [0.15, 0.2) is 42.6 Å². The summed E-state index contributed by atoms with van der Waals surface area (Å²) >= 11 is 0. The zero-order valence-electron chi connectivity index (χ0n) is 11.1. The molecule has 0 aromatic heterocycles. The first-order chi connectivity index (χ1) is 8.75. The van der Waals surface area contributed by atoms with Crippen LogP contribution in [0, 0.1) is 5.92 Å². The minimum atomic E-state index is 0.598. The Labute approximate surface area is 109 Å². The highest BCUT2D eigenvalue weighted by Gasteiger charge is 2.26. The fourth-order valence-electron chi connectivity index (χ4n) is 2.99. The van der Waals surface area contributed by atoms with Crippen LogP contribution >= 0.6 is 0 Å². The van der Waals surface area contributed by atoms with Gasteiger partial charge in [0, 0.05) is 29.2 Å². The van der Waals surface area contributed by atoms with Gasteiger partial charge in [-0.05, 0) is 33.0 Å². The van der Waals surface area contributed by atoms with Gasteiger partial charge >= 0.3 is 0 Å². The van der Waals surface area contributed by atoms with Crippen LogP contribution in [0.5, 0.6) is 0 Å². The maximum absolute atomic E-state index is 2.40. The number of hydrogen-bond acceptors (Lipinski definition) is 1. The molecule has 94 valence electrons. The van der Waals surface area contributed by atoms with E-state index in [0.29, 0.717) is 12.0 Å². The summed E-state index contributed by atoms with van der Waals surface area (Å²) in [6.45, 7) is 0. The SMILES string of the molecule is CN(C)C1C=C[C@@H](C2=C[NH2+]c3ccccc32)CC1. The molecule has 0 spiro atoms. The molecule has 2 atom stereocenters. The molecule has 2 N–H and O–H groups in total. The second kappa shape index (κ2) is 4.71. The zero-order chi connectivity index (χ0) is 12.5. The van der Waals surface area contributed by atoms with Gasteiger partial charge < -0.3 is 4.90 Å². The quantitative estimate of drug-likeness (QED) is 0.621. The molecule has 0 bridgehead atoms. The Morgan fingerprint density at radius 2 is 1.94 bits per heavy atom. The monoisotopic (exact) mass is 241 g/mol. The van der Waals surface area contributed by atoms with Crippen LogP contribution in [0.4, 0.5) is 5.69 Å². The number of para-hydroxylation sites is 1. The van der Waals surface area contributed by atoms with Gasteiger partial charge in [-0.1, -0.05) is 24.3 Å². The van der Waals surface area contributed by atoms with Gasteiger partial charge in [0.1, 0.15) is 11.9 Å². The van der Waals surface area contributed by atoms with Crippen LogP contribution in [-0.2, 0) is 0 Å². The fraction of sp³-hybridized carbons (Fsp3) is 0.375. The number of benzene rings is 1. The van der Waals surface area contributed by atoms with Crippen LogP contribution in [-0.4, -0.2) is 25.0 Å². The number of nitrogens with two attached hydrogens (primary N) is 1. The smallest absolute Gasteiger partial charge is 0.141 e. The molecule has 0 radical (unpaired) electrons. The maximum Gasteiger partial charge on any atom is 0.141 e.